The minimum atomic E-state index is -0.965. The van der Waals surface area contributed by atoms with Crippen LogP contribution in [0.4, 0.5) is 14.5 Å². The molecule has 0 aliphatic heterocycles. The van der Waals surface area contributed by atoms with E-state index in [4.69, 9.17) is 0 Å². The highest BCUT2D eigenvalue weighted by molar-refractivity contribution is 5.91. The number of hydrogen-bond acceptors (Lipinski definition) is 2. The molecule has 0 aliphatic carbocycles. The Kier molecular flexibility index (Phi) is 3.58. The van der Waals surface area contributed by atoms with Gasteiger partial charge < -0.3 is 9.88 Å². The van der Waals surface area contributed by atoms with Crippen molar-refractivity contribution in [3.63, 3.8) is 0 Å². The molecule has 0 saturated carbocycles. The summed E-state index contributed by atoms with van der Waals surface area (Å²) in [6, 6.07) is 9.43. The molecule has 0 bridgehead atoms. The summed E-state index contributed by atoms with van der Waals surface area (Å²) in [5.74, 6) is -2.19. The summed E-state index contributed by atoms with van der Waals surface area (Å²) in [4.78, 5) is 16.0. The minimum absolute atomic E-state index is 0.0323. The predicted molar refractivity (Wildman–Crippen MR) is 79.5 cm³/mol. The van der Waals surface area contributed by atoms with Crippen molar-refractivity contribution in [3.05, 3.63) is 59.9 Å². The molecular weight excluding hydrogens is 288 g/mol. The zero-order valence-electron chi connectivity index (χ0n) is 11.8. The lowest BCUT2D eigenvalue weighted by Gasteiger charge is -2.07. The Morgan fingerprint density at radius 3 is 2.59 bits per heavy atom. The van der Waals surface area contributed by atoms with Crippen LogP contribution in [0.15, 0.2) is 42.7 Å². The number of anilines is 1. The van der Waals surface area contributed by atoms with Crippen molar-refractivity contribution in [2.75, 3.05) is 5.32 Å². The van der Waals surface area contributed by atoms with Gasteiger partial charge in [-0.2, -0.15) is 0 Å². The monoisotopic (exact) mass is 301 g/mol. The maximum absolute atomic E-state index is 13.3. The number of amides is 1. The van der Waals surface area contributed by atoms with E-state index in [1.165, 1.54) is 10.9 Å². The first kappa shape index (κ1) is 14.2. The number of aromatic nitrogens is 2. The Morgan fingerprint density at radius 1 is 1.18 bits per heavy atom. The van der Waals surface area contributed by atoms with Gasteiger partial charge in [0.15, 0.2) is 11.6 Å². The minimum Gasteiger partial charge on any atom is -0.325 e. The highest BCUT2D eigenvalue weighted by atomic mass is 19.2. The predicted octanol–water partition coefficient (Wildman–Crippen LogP) is 3.26. The summed E-state index contributed by atoms with van der Waals surface area (Å²) in [5, 5.41) is 2.74. The first-order valence-corrected chi connectivity index (χ1v) is 6.69. The van der Waals surface area contributed by atoms with E-state index in [2.05, 4.69) is 10.3 Å². The van der Waals surface area contributed by atoms with Crippen molar-refractivity contribution >= 4 is 22.6 Å². The van der Waals surface area contributed by atoms with Crippen molar-refractivity contribution < 1.29 is 13.6 Å². The van der Waals surface area contributed by atoms with Gasteiger partial charge in [-0.25, -0.2) is 13.8 Å². The first-order valence-electron chi connectivity index (χ1n) is 6.69. The van der Waals surface area contributed by atoms with Gasteiger partial charge in [-0.1, -0.05) is 17.7 Å². The molecule has 0 saturated heterocycles. The Balaban J connectivity index is 1.79. The quantitative estimate of drug-likeness (QED) is 0.807. The number of halogens is 2. The molecule has 1 heterocycles. The third-order valence-electron chi connectivity index (χ3n) is 3.31. The molecule has 1 N–H and O–H groups in total. The van der Waals surface area contributed by atoms with Crippen LogP contribution < -0.4 is 5.32 Å². The summed E-state index contributed by atoms with van der Waals surface area (Å²) in [7, 11) is 0. The molecule has 3 aromatic rings. The number of carbonyl (C=O) groups is 1. The Labute approximate surface area is 125 Å². The topological polar surface area (TPSA) is 46.9 Å². The van der Waals surface area contributed by atoms with Crippen LogP contribution in [0.1, 0.15) is 5.56 Å². The number of rotatable bonds is 3. The molecule has 0 fully saturated rings. The standard InChI is InChI=1S/C16H13F2N3O/c1-10-2-4-11(5-3-10)20-16(22)8-21-9-19-14-6-12(17)13(18)7-15(14)21/h2-7,9H,8H2,1H3,(H,20,22). The molecule has 2 aromatic carbocycles. The lowest BCUT2D eigenvalue weighted by Crippen LogP contribution is -2.18. The largest absolute Gasteiger partial charge is 0.325 e. The fourth-order valence-electron chi connectivity index (χ4n) is 2.17. The zero-order chi connectivity index (χ0) is 15.7. The van der Waals surface area contributed by atoms with Gasteiger partial charge in [0.2, 0.25) is 5.91 Å². The van der Waals surface area contributed by atoms with E-state index in [1.54, 1.807) is 12.1 Å². The fraction of sp³-hybridized carbons (Fsp3) is 0.125. The van der Waals surface area contributed by atoms with E-state index in [0.29, 0.717) is 16.7 Å². The molecule has 22 heavy (non-hydrogen) atoms. The molecule has 0 unspecified atom stereocenters. The van der Waals surface area contributed by atoms with Gasteiger partial charge in [-0.05, 0) is 19.1 Å². The lowest BCUT2D eigenvalue weighted by atomic mass is 10.2. The molecular formula is C16H13F2N3O. The Morgan fingerprint density at radius 2 is 1.86 bits per heavy atom. The van der Waals surface area contributed by atoms with Crippen molar-refractivity contribution in [2.24, 2.45) is 0 Å². The summed E-state index contributed by atoms with van der Waals surface area (Å²) in [6.45, 7) is 1.92. The average molecular weight is 301 g/mol. The number of hydrogen-bond donors (Lipinski definition) is 1. The van der Waals surface area contributed by atoms with Crippen LogP contribution in [0.2, 0.25) is 0 Å². The van der Waals surface area contributed by atoms with Gasteiger partial charge in [0, 0.05) is 17.8 Å². The molecule has 0 spiro atoms. The van der Waals surface area contributed by atoms with Gasteiger partial charge in [-0.3, -0.25) is 4.79 Å². The Bertz CT molecular complexity index is 840. The second kappa shape index (κ2) is 5.55. The molecule has 112 valence electrons. The van der Waals surface area contributed by atoms with Crippen LogP contribution in [0.3, 0.4) is 0 Å². The van der Waals surface area contributed by atoms with Crippen LogP contribution in [0, 0.1) is 18.6 Å². The molecule has 4 nitrogen and oxygen atoms in total. The number of carbonyl (C=O) groups excluding carboxylic acids is 1. The number of benzene rings is 2. The van der Waals surface area contributed by atoms with Crippen LogP contribution in [-0.2, 0) is 11.3 Å². The van der Waals surface area contributed by atoms with Gasteiger partial charge in [-0.15, -0.1) is 0 Å². The molecule has 1 amide bonds. The van der Waals surface area contributed by atoms with Crippen molar-refractivity contribution in [3.8, 4) is 0 Å². The molecule has 0 aliphatic rings. The molecule has 3 rings (SSSR count). The van der Waals surface area contributed by atoms with Crippen molar-refractivity contribution in [2.45, 2.75) is 13.5 Å². The van der Waals surface area contributed by atoms with Crippen LogP contribution in [-0.4, -0.2) is 15.5 Å². The zero-order valence-corrected chi connectivity index (χ0v) is 11.8. The highest BCUT2D eigenvalue weighted by Crippen LogP contribution is 2.17. The number of imidazole rings is 1. The summed E-state index contributed by atoms with van der Waals surface area (Å²) < 4.78 is 27.9. The third kappa shape index (κ3) is 2.81. The van der Waals surface area contributed by atoms with Crippen molar-refractivity contribution in [1.82, 2.24) is 9.55 Å². The van der Waals surface area contributed by atoms with Crippen LogP contribution >= 0.6 is 0 Å². The smallest absolute Gasteiger partial charge is 0.244 e. The Hall–Kier alpha value is -2.76. The normalized spacial score (nSPS) is 10.9. The average Bonchev–Trinajstić information content (AvgIpc) is 2.84. The van der Waals surface area contributed by atoms with E-state index in [-0.39, 0.29) is 12.5 Å². The first-order chi connectivity index (χ1) is 10.5. The van der Waals surface area contributed by atoms with E-state index in [1.807, 2.05) is 19.1 Å². The van der Waals surface area contributed by atoms with Crippen LogP contribution in [0.25, 0.3) is 11.0 Å². The maximum Gasteiger partial charge on any atom is 0.244 e. The number of fused-ring (bicyclic) bond motifs is 1. The molecule has 0 atom stereocenters. The van der Waals surface area contributed by atoms with Gasteiger partial charge >= 0.3 is 0 Å². The number of aryl methyl sites for hydroxylation is 1. The number of nitrogens with zero attached hydrogens (tertiary/aromatic N) is 2. The fourth-order valence-corrected chi connectivity index (χ4v) is 2.17. The van der Waals surface area contributed by atoms with E-state index < -0.39 is 11.6 Å². The highest BCUT2D eigenvalue weighted by Gasteiger charge is 2.11. The SMILES string of the molecule is Cc1ccc(NC(=O)Cn2cnc3cc(F)c(F)cc32)cc1. The molecule has 0 radical (unpaired) electrons. The third-order valence-corrected chi connectivity index (χ3v) is 3.31. The van der Waals surface area contributed by atoms with Crippen molar-refractivity contribution in [1.29, 1.82) is 0 Å². The molecule has 6 heteroatoms. The molecule has 1 aromatic heterocycles. The van der Waals surface area contributed by atoms with Gasteiger partial charge in [0.25, 0.3) is 0 Å². The van der Waals surface area contributed by atoms with E-state index in [0.717, 1.165) is 17.7 Å². The van der Waals surface area contributed by atoms with Crippen LogP contribution in [0.5, 0.6) is 0 Å². The summed E-state index contributed by atoms with van der Waals surface area (Å²) in [5.41, 5.74) is 2.45. The van der Waals surface area contributed by atoms with E-state index in [9.17, 15) is 13.6 Å². The number of nitrogens with one attached hydrogen (secondary N) is 1. The van der Waals surface area contributed by atoms with Gasteiger partial charge in [0.1, 0.15) is 6.54 Å². The summed E-state index contributed by atoms with van der Waals surface area (Å²) in [6.07, 6.45) is 1.39. The maximum atomic E-state index is 13.3. The second-order valence-corrected chi connectivity index (χ2v) is 5.04. The lowest BCUT2D eigenvalue weighted by molar-refractivity contribution is -0.116. The summed E-state index contributed by atoms with van der Waals surface area (Å²) >= 11 is 0. The van der Waals surface area contributed by atoms with Gasteiger partial charge in [0.05, 0.1) is 17.4 Å². The van der Waals surface area contributed by atoms with E-state index >= 15 is 0 Å². The second-order valence-electron chi connectivity index (χ2n) is 5.04.